The van der Waals surface area contributed by atoms with Crippen molar-refractivity contribution in [2.24, 2.45) is 5.41 Å². The lowest BCUT2D eigenvalue weighted by atomic mass is 9.86. The third kappa shape index (κ3) is 2.99. The molecule has 2 nitrogen and oxygen atoms in total. The number of rotatable bonds is 4. The van der Waals surface area contributed by atoms with Crippen molar-refractivity contribution >= 4 is 0 Å². The van der Waals surface area contributed by atoms with Crippen LogP contribution in [-0.4, -0.2) is 18.8 Å². The maximum atomic E-state index is 9.27. The van der Waals surface area contributed by atoms with Gasteiger partial charge in [0.2, 0.25) is 0 Å². The van der Waals surface area contributed by atoms with Crippen molar-refractivity contribution < 1.29 is 9.84 Å². The molecule has 0 aromatic heterocycles. The summed E-state index contributed by atoms with van der Waals surface area (Å²) >= 11 is 0. The first-order chi connectivity index (χ1) is 7.39. The molecule has 1 aromatic rings. The van der Waals surface area contributed by atoms with Gasteiger partial charge in [0, 0.05) is 6.61 Å². The van der Waals surface area contributed by atoms with Gasteiger partial charge in [0.1, 0.15) is 5.75 Å². The first-order valence-corrected chi connectivity index (χ1v) is 5.64. The number of aliphatic hydroxyl groups excluding tert-OH is 1. The molecule has 1 aromatic carbocycles. The summed E-state index contributed by atoms with van der Waals surface area (Å²) in [6, 6.07) is 4.28. The topological polar surface area (TPSA) is 29.5 Å². The molecule has 16 heavy (non-hydrogen) atoms. The van der Waals surface area contributed by atoms with Crippen LogP contribution in [0.2, 0.25) is 0 Å². The van der Waals surface area contributed by atoms with Gasteiger partial charge in [-0.2, -0.15) is 0 Å². The average Bonchev–Trinajstić information content (AvgIpc) is 2.16. The molecule has 0 aliphatic carbocycles. The molecular formula is C14H22O2. The van der Waals surface area contributed by atoms with E-state index in [4.69, 9.17) is 4.74 Å². The van der Waals surface area contributed by atoms with Crippen LogP contribution in [0.15, 0.2) is 12.1 Å². The molecule has 0 bridgehead atoms. The van der Waals surface area contributed by atoms with Crippen LogP contribution < -0.4 is 4.74 Å². The Morgan fingerprint density at radius 3 is 2.06 bits per heavy atom. The molecule has 0 aliphatic heterocycles. The smallest absolute Gasteiger partial charge is 0.124 e. The van der Waals surface area contributed by atoms with E-state index in [9.17, 15) is 5.11 Å². The van der Waals surface area contributed by atoms with E-state index in [0.717, 1.165) is 23.3 Å². The van der Waals surface area contributed by atoms with E-state index in [1.54, 1.807) is 7.11 Å². The second-order valence-corrected chi connectivity index (χ2v) is 5.26. The molecule has 0 unspecified atom stereocenters. The van der Waals surface area contributed by atoms with Crippen LogP contribution in [0.1, 0.15) is 30.5 Å². The molecule has 0 aliphatic rings. The molecular weight excluding hydrogens is 200 g/mol. The summed E-state index contributed by atoms with van der Waals surface area (Å²) < 4.78 is 5.34. The van der Waals surface area contributed by atoms with Gasteiger partial charge in [-0.15, -0.1) is 0 Å². The summed E-state index contributed by atoms with van der Waals surface area (Å²) in [4.78, 5) is 0. The predicted octanol–water partition coefficient (Wildman–Crippen LogP) is 2.87. The van der Waals surface area contributed by atoms with Crippen molar-refractivity contribution in [2.75, 3.05) is 13.7 Å². The second kappa shape index (κ2) is 4.88. The SMILES string of the molecule is COc1c(C)cc(CC(C)(C)CO)cc1C. The highest BCUT2D eigenvalue weighted by Gasteiger charge is 2.18. The Labute approximate surface area is 98.3 Å². The number of ether oxygens (including phenoxy) is 1. The Balaban J connectivity index is 3.00. The van der Waals surface area contributed by atoms with Gasteiger partial charge in [-0.1, -0.05) is 26.0 Å². The van der Waals surface area contributed by atoms with Crippen LogP contribution in [0.25, 0.3) is 0 Å². The summed E-state index contributed by atoms with van der Waals surface area (Å²) in [6.45, 7) is 8.46. The maximum Gasteiger partial charge on any atom is 0.124 e. The fourth-order valence-electron chi connectivity index (χ4n) is 2.07. The van der Waals surface area contributed by atoms with Gasteiger partial charge in [0.15, 0.2) is 0 Å². The number of aliphatic hydroxyl groups is 1. The van der Waals surface area contributed by atoms with Crippen molar-refractivity contribution in [1.29, 1.82) is 0 Å². The summed E-state index contributed by atoms with van der Waals surface area (Å²) in [7, 11) is 1.70. The van der Waals surface area contributed by atoms with Crippen molar-refractivity contribution in [3.8, 4) is 5.75 Å². The van der Waals surface area contributed by atoms with E-state index < -0.39 is 0 Å². The van der Waals surface area contributed by atoms with Crippen LogP contribution in [0.4, 0.5) is 0 Å². The molecule has 2 heteroatoms. The van der Waals surface area contributed by atoms with E-state index in [1.165, 1.54) is 5.56 Å². The third-order valence-electron chi connectivity index (χ3n) is 2.83. The van der Waals surface area contributed by atoms with E-state index in [1.807, 2.05) is 0 Å². The van der Waals surface area contributed by atoms with Gasteiger partial charge >= 0.3 is 0 Å². The number of hydrogen-bond acceptors (Lipinski definition) is 2. The lowest BCUT2D eigenvalue weighted by molar-refractivity contribution is 0.159. The van der Waals surface area contributed by atoms with Gasteiger partial charge in [0.05, 0.1) is 7.11 Å². The summed E-state index contributed by atoms with van der Waals surface area (Å²) in [5.74, 6) is 0.963. The number of benzene rings is 1. The molecule has 0 fully saturated rings. The van der Waals surface area contributed by atoms with Crippen LogP contribution in [0, 0.1) is 19.3 Å². The van der Waals surface area contributed by atoms with Gasteiger partial charge < -0.3 is 9.84 Å². The fraction of sp³-hybridized carbons (Fsp3) is 0.571. The predicted molar refractivity (Wildman–Crippen MR) is 67.0 cm³/mol. The second-order valence-electron chi connectivity index (χ2n) is 5.26. The Hall–Kier alpha value is -1.02. The first-order valence-electron chi connectivity index (χ1n) is 5.64. The zero-order chi connectivity index (χ0) is 12.3. The van der Waals surface area contributed by atoms with E-state index in [-0.39, 0.29) is 12.0 Å². The molecule has 90 valence electrons. The lowest BCUT2D eigenvalue weighted by Crippen LogP contribution is -2.19. The minimum atomic E-state index is -0.0620. The number of methoxy groups -OCH3 is 1. The van der Waals surface area contributed by atoms with Gasteiger partial charge in [-0.05, 0) is 42.4 Å². The molecule has 0 atom stereocenters. The fourth-order valence-corrected chi connectivity index (χ4v) is 2.07. The first kappa shape index (κ1) is 13.0. The van der Waals surface area contributed by atoms with Gasteiger partial charge in [-0.3, -0.25) is 0 Å². The van der Waals surface area contributed by atoms with Crippen molar-refractivity contribution in [3.05, 3.63) is 28.8 Å². The standard InChI is InChI=1S/C14H22O2/c1-10-6-12(8-14(3,4)9-15)7-11(2)13(10)16-5/h6-7,15H,8-9H2,1-5H3. The monoisotopic (exact) mass is 222 g/mol. The minimum Gasteiger partial charge on any atom is -0.496 e. The van der Waals surface area contributed by atoms with Crippen molar-refractivity contribution in [1.82, 2.24) is 0 Å². The Bertz CT molecular complexity index is 344. The number of hydrogen-bond donors (Lipinski definition) is 1. The highest BCUT2D eigenvalue weighted by Crippen LogP contribution is 2.28. The zero-order valence-electron chi connectivity index (χ0n) is 10.9. The highest BCUT2D eigenvalue weighted by molar-refractivity contribution is 5.43. The van der Waals surface area contributed by atoms with Gasteiger partial charge in [-0.25, -0.2) is 0 Å². The van der Waals surface area contributed by atoms with Crippen molar-refractivity contribution in [2.45, 2.75) is 34.1 Å². The molecule has 0 amide bonds. The average molecular weight is 222 g/mol. The third-order valence-corrected chi connectivity index (χ3v) is 2.83. The summed E-state index contributed by atoms with van der Waals surface area (Å²) in [6.07, 6.45) is 0.884. The largest absolute Gasteiger partial charge is 0.496 e. The number of aryl methyl sites for hydroxylation is 2. The van der Waals surface area contributed by atoms with Crippen molar-refractivity contribution in [3.63, 3.8) is 0 Å². The Morgan fingerprint density at radius 2 is 1.69 bits per heavy atom. The quantitative estimate of drug-likeness (QED) is 0.848. The molecule has 0 radical (unpaired) electrons. The molecule has 1 rings (SSSR count). The van der Waals surface area contributed by atoms with Crippen LogP contribution >= 0.6 is 0 Å². The normalized spacial score (nSPS) is 11.6. The van der Waals surface area contributed by atoms with E-state index in [0.29, 0.717) is 0 Å². The highest BCUT2D eigenvalue weighted by atomic mass is 16.5. The van der Waals surface area contributed by atoms with Crippen LogP contribution in [-0.2, 0) is 6.42 Å². The summed E-state index contributed by atoms with van der Waals surface area (Å²) in [5.41, 5.74) is 3.51. The molecule has 0 heterocycles. The molecule has 1 N–H and O–H groups in total. The van der Waals surface area contributed by atoms with Crippen LogP contribution in [0.5, 0.6) is 5.75 Å². The summed E-state index contributed by atoms with van der Waals surface area (Å²) in [5, 5.41) is 9.27. The maximum absolute atomic E-state index is 9.27. The van der Waals surface area contributed by atoms with Crippen LogP contribution in [0.3, 0.4) is 0 Å². The van der Waals surface area contributed by atoms with E-state index in [2.05, 4.69) is 39.8 Å². The molecule has 0 saturated carbocycles. The van der Waals surface area contributed by atoms with Gasteiger partial charge in [0.25, 0.3) is 0 Å². The zero-order valence-corrected chi connectivity index (χ0v) is 10.9. The molecule has 0 spiro atoms. The Morgan fingerprint density at radius 1 is 1.19 bits per heavy atom. The molecule has 0 saturated heterocycles. The van der Waals surface area contributed by atoms with E-state index >= 15 is 0 Å². The lowest BCUT2D eigenvalue weighted by Gasteiger charge is -2.22. The Kier molecular flexibility index (Phi) is 3.98. The minimum absolute atomic E-state index is 0.0620.